The molecule has 2 amide bonds. The fourth-order valence-corrected chi connectivity index (χ4v) is 2.52. The van der Waals surface area contributed by atoms with Crippen molar-refractivity contribution < 1.29 is 14.0 Å². The summed E-state index contributed by atoms with van der Waals surface area (Å²) in [4.78, 5) is 36.2. The van der Waals surface area contributed by atoms with E-state index in [9.17, 15) is 14.4 Å². The van der Waals surface area contributed by atoms with Crippen molar-refractivity contribution in [2.24, 2.45) is 0 Å². The number of benzene rings is 2. The molecule has 0 atom stereocenters. The maximum absolute atomic E-state index is 12.4. The molecule has 3 rings (SSSR count). The van der Waals surface area contributed by atoms with Gasteiger partial charge in [-0.15, -0.1) is 0 Å². The average Bonchev–Trinajstić information content (AvgIpc) is 2.62. The summed E-state index contributed by atoms with van der Waals surface area (Å²) in [5.74, 6) is -1.11. The Hall–Kier alpha value is -3.12. The van der Waals surface area contributed by atoms with E-state index in [1.807, 2.05) is 0 Å². The van der Waals surface area contributed by atoms with Crippen molar-refractivity contribution >= 4 is 40.1 Å². The zero-order valence-corrected chi connectivity index (χ0v) is 13.9. The summed E-state index contributed by atoms with van der Waals surface area (Å²) in [6.07, 6.45) is 0. The summed E-state index contributed by atoms with van der Waals surface area (Å²) in [5.41, 5.74) is 0.585. The highest BCUT2D eigenvalue weighted by atomic mass is 35.5. The highest BCUT2D eigenvalue weighted by Crippen LogP contribution is 2.21. The van der Waals surface area contributed by atoms with Gasteiger partial charge in [0.05, 0.1) is 16.0 Å². The first kappa shape index (κ1) is 16.7. The number of anilines is 1. The Kier molecular flexibility index (Phi) is 4.54. The predicted octanol–water partition coefficient (Wildman–Crippen LogP) is 3.06. The van der Waals surface area contributed by atoms with Gasteiger partial charge in [-0.2, -0.15) is 0 Å². The fraction of sp³-hybridized carbons (Fsp3) is 0.0556. The lowest BCUT2D eigenvalue weighted by Gasteiger charge is -2.08. The lowest BCUT2D eigenvalue weighted by atomic mass is 10.1. The molecular formula is C18H13ClN2O4. The van der Waals surface area contributed by atoms with E-state index >= 15 is 0 Å². The van der Waals surface area contributed by atoms with Crippen molar-refractivity contribution in [3.63, 3.8) is 0 Å². The van der Waals surface area contributed by atoms with E-state index in [1.54, 1.807) is 30.3 Å². The van der Waals surface area contributed by atoms with E-state index in [0.29, 0.717) is 16.7 Å². The largest absolute Gasteiger partial charge is 0.451 e. The van der Waals surface area contributed by atoms with Crippen LogP contribution in [0.4, 0.5) is 5.69 Å². The van der Waals surface area contributed by atoms with Gasteiger partial charge in [0.15, 0.2) is 11.2 Å². The molecule has 0 spiro atoms. The van der Waals surface area contributed by atoms with E-state index < -0.39 is 5.91 Å². The highest BCUT2D eigenvalue weighted by molar-refractivity contribution is 6.34. The summed E-state index contributed by atoms with van der Waals surface area (Å²) >= 11 is 5.98. The minimum atomic E-state index is -0.604. The number of hydrogen-bond acceptors (Lipinski definition) is 4. The van der Waals surface area contributed by atoms with Gasteiger partial charge in [0.1, 0.15) is 5.58 Å². The third kappa shape index (κ3) is 3.39. The van der Waals surface area contributed by atoms with Gasteiger partial charge in [0.2, 0.25) is 0 Å². The van der Waals surface area contributed by atoms with Crippen LogP contribution in [-0.2, 0) is 0 Å². The second-order valence-electron chi connectivity index (χ2n) is 5.20. The average molecular weight is 357 g/mol. The molecule has 0 aliphatic carbocycles. The van der Waals surface area contributed by atoms with Crippen LogP contribution < -0.4 is 16.1 Å². The van der Waals surface area contributed by atoms with E-state index in [2.05, 4.69) is 10.6 Å². The molecule has 6 nitrogen and oxygen atoms in total. The van der Waals surface area contributed by atoms with Gasteiger partial charge in [-0.3, -0.25) is 14.4 Å². The summed E-state index contributed by atoms with van der Waals surface area (Å²) < 4.78 is 5.48. The first-order valence-electron chi connectivity index (χ1n) is 7.35. The van der Waals surface area contributed by atoms with E-state index in [0.717, 1.165) is 6.07 Å². The Labute approximate surface area is 147 Å². The zero-order chi connectivity index (χ0) is 18.0. The van der Waals surface area contributed by atoms with Crippen molar-refractivity contribution in [3.05, 3.63) is 75.1 Å². The van der Waals surface area contributed by atoms with E-state index in [-0.39, 0.29) is 27.7 Å². The van der Waals surface area contributed by atoms with Crippen LogP contribution in [0.15, 0.2) is 57.7 Å². The van der Waals surface area contributed by atoms with Crippen LogP contribution in [0.1, 0.15) is 20.9 Å². The molecule has 1 aromatic heterocycles. The first-order valence-corrected chi connectivity index (χ1v) is 7.73. The Balaban J connectivity index is 1.93. The van der Waals surface area contributed by atoms with Gasteiger partial charge < -0.3 is 15.1 Å². The summed E-state index contributed by atoms with van der Waals surface area (Å²) in [6.45, 7) is 0. The smallest absolute Gasteiger partial charge is 0.291 e. The standard InChI is InChI=1S/C18H13ClN2O4/c1-20-17(23)12-8-10(6-7-13(12)19)21-18(24)16-9-14(22)11-4-2-3-5-15(11)25-16/h2-9H,1H3,(H,20,23)(H,21,24). The number of hydrogen-bond donors (Lipinski definition) is 2. The Morgan fingerprint density at radius 2 is 1.80 bits per heavy atom. The number of amides is 2. The summed E-state index contributed by atoms with van der Waals surface area (Å²) in [6, 6.07) is 12.3. The van der Waals surface area contributed by atoms with Crippen molar-refractivity contribution in [2.45, 2.75) is 0 Å². The van der Waals surface area contributed by atoms with Crippen molar-refractivity contribution in [1.82, 2.24) is 5.32 Å². The van der Waals surface area contributed by atoms with Gasteiger partial charge in [-0.1, -0.05) is 23.7 Å². The first-order chi connectivity index (χ1) is 12.0. The molecule has 0 radical (unpaired) electrons. The molecule has 0 saturated heterocycles. The number of nitrogens with one attached hydrogen (secondary N) is 2. The summed E-state index contributed by atoms with van der Waals surface area (Å²) in [7, 11) is 1.48. The highest BCUT2D eigenvalue weighted by Gasteiger charge is 2.15. The zero-order valence-electron chi connectivity index (χ0n) is 13.1. The van der Waals surface area contributed by atoms with Gasteiger partial charge in [0.25, 0.3) is 11.8 Å². The minimum absolute atomic E-state index is 0.125. The molecule has 126 valence electrons. The molecule has 25 heavy (non-hydrogen) atoms. The quantitative estimate of drug-likeness (QED) is 0.755. The van der Waals surface area contributed by atoms with Crippen LogP contribution in [-0.4, -0.2) is 18.9 Å². The van der Waals surface area contributed by atoms with Crippen molar-refractivity contribution in [3.8, 4) is 0 Å². The second-order valence-corrected chi connectivity index (χ2v) is 5.61. The fourth-order valence-electron chi connectivity index (χ4n) is 2.32. The Bertz CT molecular complexity index is 1040. The van der Waals surface area contributed by atoms with Crippen LogP contribution >= 0.6 is 11.6 Å². The molecule has 2 aromatic carbocycles. The van der Waals surface area contributed by atoms with Gasteiger partial charge >= 0.3 is 0 Å². The van der Waals surface area contributed by atoms with Gasteiger partial charge in [-0.05, 0) is 30.3 Å². The third-order valence-corrected chi connectivity index (χ3v) is 3.88. The van der Waals surface area contributed by atoms with E-state index in [1.165, 1.54) is 19.2 Å². The van der Waals surface area contributed by atoms with Crippen molar-refractivity contribution in [2.75, 3.05) is 12.4 Å². The molecule has 0 aliphatic heterocycles. The number of para-hydroxylation sites is 1. The maximum atomic E-state index is 12.4. The lowest BCUT2D eigenvalue weighted by molar-refractivity contribution is 0.0960. The molecule has 0 bridgehead atoms. The topological polar surface area (TPSA) is 88.4 Å². The van der Waals surface area contributed by atoms with Gasteiger partial charge in [0, 0.05) is 18.8 Å². The van der Waals surface area contributed by atoms with Crippen LogP contribution in [0.5, 0.6) is 0 Å². The monoisotopic (exact) mass is 356 g/mol. The van der Waals surface area contributed by atoms with Gasteiger partial charge in [-0.25, -0.2) is 0 Å². The molecule has 0 fully saturated rings. The van der Waals surface area contributed by atoms with Crippen LogP contribution in [0.3, 0.4) is 0 Å². The maximum Gasteiger partial charge on any atom is 0.291 e. The molecular weight excluding hydrogens is 344 g/mol. The number of halogens is 1. The number of rotatable bonds is 3. The lowest BCUT2D eigenvalue weighted by Crippen LogP contribution is -2.19. The second kappa shape index (κ2) is 6.78. The Morgan fingerprint density at radius 1 is 1.04 bits per heavy atom. The predicted molar refractivity (Wildman–Crippen MR) is 95.3 cm³/mol. The molecule has 2 N–H and O–H groups in total. The minimum Gasteiger partial charge on any atom is -0.451 e. The van der Waals surface area contributed by atoms with Crippen molar-refractivity contribution in [1.29, 1.82) is 0 Å². The Morgan fingerprint density at radius 3 is 2.56 bits per heavy atom. The summed E-state index contributed by atoms with van der Waals surface area (Å²) in [5, 5.41) is 5.71. The van der Waals surface area contributed by atoms with E-state index in [4.69, 9.17) is 16.0 Å². The number of fused-ring (bicyclic) bond motifs is 1. The SMILES string of the molecule is CNC(=O)c1cc(NC(=O)c2cc(=O)c3ccccc3o2)ccc1Cl. The molecule has 0 saturated carbocycles. The molecule has 3 aromatic rings. The molecule has 7 heteroatoms. The number of carbonyl (C=O) groups excluding carboxylic acids is 2. The number of carbonyl (C=O) groups is 2. The van der Waals surface area contributed by atoms with Crippen LogP contribution in [0, 0.1) is 0 Å². The molecule has 1 heterocycles. The molecule has 0 aliphatic rings. The normalized spacial score (nSPS) is 10.5. The molecule has 0 unspecified atom stereocenters. The van der Waals surface area contributed by atoms with Crippen LogP contribution in [0.25, 0.3) is 11.0 Å². The van der Waals surface area contributed by atoms with Crippen LogP contribution in [0.2, 0.25) is 5.02 Å². The third-order valence-electron chi connectivity index (χ3n) is 3.55.